The highest BCUT2D eigenvalue weighted by atomic mass is 16.6. The maximum atomic E-state index is 12.8. The van der Waals surface area contributed by atoms with Crippen LogP contribution in [-0.4, -0.2) is 54.1 Å². The summed E-state index contributed by atoms with van der Waals surface area (Å²) in [5, 5.41) is 2.35. The first-order valence-corrected chi connectivity index (χ1v) is 11.4. The molecule has 170 valence electrons. The van der Waals surface area contributed by atoms with Gasteiger partial charge in [-0.1, -0.05) is 48.5 Å². The Bertz CT molecular complexity index is 1180. The third-order valence-corrected chi connectivity index (χ3v) is 6.75. The quantitative estimate of drug-likeness (QED) is 0.585. The number of carbonyl (C=O) groups is 2. The van der Waals surface area contributed by atoms with E-state index in [-0.39, 0.29) is 12.0 Å². The van der Waals surface area contributed by atoms with Crippen molar-refractivity contribution in [2.45, 2.75) is 31.4 Å². The first kappa shape index (κ1) is 21.3. The molecule has 6 heteroatoms. The summed E-state index contributed by atoms with van der Waals surface area (Å²) in [6.45, 7) is 2.29. The van der Waals surface area contributed by atoms with Crippen molar-refractivity contribution in [2.24, 2.45) is 0 Å². The summed E-state index contributed by atoms with van der Waals surface area (Å²) in [4.78, 5) is 29.1. The van der Waals surface area contributed by atoms with Crippen LogP contribution in [0.5, 0.6) is 5.75 Å². The molecule has 0 aliphatic carbocycles. The highest BCUT2D eigenvalue weighted by Gasteiger charge is 2.47. The molecule has 6 nitrogen and oxygen atoms in total. The average Bonchev–Trinajstić information content (AvgIpc) is 3.13. The predicted molar refractivity (Wildman–Crippen MR) is 126 cm³/mol. The average molecular weight is 445 g/mol. The van der Waals surface area contributed by atoms with E-state index in [4.69, 9.17) is 9.47 Å². The Balaban J connectivity index is 1.19. The summed E-state index contributed by atoms with van der Waals surface area (Å²) in [6.07, 6.45) is 1.41. The van der Waals surface area contributed by atoms with E-state index in [0.29, 0.717) is 45.4 Å². The lowest BCUT2D eigenvalue weighted by molar-refractivity contribution is -0.133. The van der Waals surface area contributed by atoms with E-state index in [1.165, 1.54) is 10.8 Å². The number of benzene rings is 3. The van der Waals surface area contributed by atoms with E-state index < -0.39 is 5.60 Å². The van der Waals surface area contributed by atoms with Gasteiger partial charge in [0.15, 0.2) is 0 Å². The molecule has 1 spiro atoms. The number of hydrogen-bond acceptors (Lipinski definition) is 4. The number of likely N-dealkylation sites (tertiary alicyclic amines) is 1. The molecular weight excluding hydrogens is 416 g/mol. The van der Waals surface area contributed by atoms with Crippen molar-refractivity contribution in [3.8, 4) is 5.75 Å². The van der Waals surface area contributed by atoms with Crippen LogP contribution >= 0.6 is 0 Å². The number of piperidine rings is 1. The standard InChI is InChI=1S/C27H28N2O4/c1-32-24-8-4-5-20(16-24)17-25(30)28-13-11-27(12-14-28)19-29(26(31)33-27)18-21-9-10-22-6-2-3-7-23(22)15-21/h2-10,15-16H,11-14,17-19H2,1H3. The van der Waals surface area contributed by atoms with Crippen molar-refractivity contribution in [2.75, 3.05) is 26.7 Å². The number of ether oxygens (including phenoxy) is 2. The zero-order valence-corrected chi connectivity index (χ0v) is 18.8. The van der Waals surface area contributed by atoms with Gasteiger partial charge in [-0.25, -0.2) is 4.79 Å². The molecule has 0 bridgehead atoms. The van der Waals surface area contributed by atoms with Crippen LogP contribution < -0.4 is 4.74 Å². The van der Waals surface area contributed by atoms with E-state index in [9.17, 15) is 9.59 Å². The van der Waals surface area contributed by atoms with Crippen LogP contribution in [0.25, 0.3) is 10.8 Å². The van der Waals surface area contributed by atoms with Crippen LogP contribution in [0.2, 0.25) is 0 Å². The summed E-state index contributed by atoms with van der Waals surface area (Å²) < 4.78 is 11.1. The molecular formula is C27H28N2O4. The number of hydrogen-bond donors (Lipinski definition) is 0. The molecule has 33 heavy (non-hydrogen) atoms. The fourth-order valence-electron chi connectivity index (χ4n) is 4.87. The zero-order chi connectivity index (χ0) is 22.8. The largest absolute Gasteiger partial charge is 0.497 e. The van der Waals surface area contributed by atoms with Gasteiger partial charge < -0.3 is 14.4 Å². The summed E-state index contributed by atoms with van der Waals surface area (Å²) >= 11 is 0. The minimum atomic E-state index is -0.499. The van der Waals surface area contributed by atoms with Crippen LogP contribution in [0.3, 0.4) is 0 Å². The summed E-state index contributed by atoms with van der Waals surface area (Å²) in [7, 11) is 1.62. The van der Waals surface area contributed by atoms with E-state index in [0.717, 1.165) is 16.9 Å². The van der Waals surface area contributed by atoms with Gasteiger partial charge in [0, 0.05) is 32.5 Å². The molecule has 3 aromatic rings. The molecule has 2 aliphatic heterocycles. The van der Waals surface area contributed by atoms with Crippen molar-refractivity contribution in [3.63, 3.8) is 0 Å². The molecule has 0 N–H and O–H groups in total. The number of rotatable bonds is 5. The minimum absolute atomic E-state index is 0.0930. The third kappa shape index (κ3) is 4.51. The van der Waals surface area contributed by atoms with Crippen LogP contribution in [0.1, 0.15) is 24.0 Å². The predicted octanol–water partition coefficient (Wildman–Crippen LogP) is 4.40. The molecule has 2 saturated heterocycles. The van der Waals surface area contributed by atoms with Gasteiger partial charge in [0.2, 0.25) is 5.91 Å². The maximum absolute atomic E-state index is 12.8. The molecule has 0 aromatic heterocycles. The van der Waals surface area contributed by atoms with Gasteiger partial charge in [-0.05, 0) is 40.1 Å². The van der Waals surface area contributed by atoms with Gasteiger partial charge in [0.25, 0.3) is 0 Å². The molecule has 5 rings (SSSR count). The second kappa shape index (κ2) is 8.77. The SMILES string of the molecule is COc1cccc(CC(=O)N2CCC3(CC2)CN(Cc2ccc4ccccc4c2)C(=O)O3)c1. The van der Waals surface area contributed by atoms with Gasteiger partial charge in [-0.15, -0.1) is 0 Å². The Morgan fingerprint density at radius 2 is 1.76 bits per heavy atom. The van der Waals surface area contributed by atoms with Gasteiger partial charge >= 0.3 is 6.09 Å². The van der Waals surface area contributed by atoms with Crippen LogP contribution in [0.15, 0.2) is 66.7 Å². The summed E-state index contributed by atoms with van der Waals surface area (Å²) in [5.74, 6) is 0.845. The van der Waals surface area contributed by atoms with E-state index >= 15 is 0 Å². The molecule has 0 unspecified atom stereocenters. The fourth-order valence-corrected chi connectivity index (χ4v) is 4.87. The zero-order valence-electron chi connectivity index (χ0n) is 18.8. The molecule has 0 atom stereocenters. The summed E-state index contributed by atoms with van der Waals surface area (Å²) in [6, 6.07) is 22.1. The Morgan fingerprint density at radius 3 is 2.55 bits per heavy atom. The van der Waals surface area contributed by atoms with Crippen molar-refractivity contribution < 1.29 is 19.1 Å². The highest BCUT2D eigenvalue weighted by molar-refractivity contribution is 5.83. The van der Waals surface area contributed by atoms with Crippen molar-refractivity contribution >= 4 is 22.8 Å². The third-order valence-electron chi connectivity index (χ3n) is 6.75. The molecule has 0 radical (unpaired) electrons. The van der Waals surface area contributed by atoms with Gasteiger partial charge in [0.1, 0.15) is 11.4 Å². The highest BCUT2D eigenvalue weighted by Crippen LogP contribution is 2.34. The Hall–Kier alpha value is -3.54. The smallest absolute Gasteiger partial charge is 0.410 e. The first-order valence-electron chi connectivity index (χ1n) is 11.4. The van der Waals surface area contributed by atoms with E-state index in [1.807, 2.05) is 41.3 Å². The number of carbonyl (C=O) groups excluding carboxylic acids is 2. The molecule has 2 amide bonds. The van der Waals surface area contributed by atoms with Crippen molar-refractivity contribution in [1.29, 1.82) is 0 Å². The van der Waals surface area contributed by atoms with Crippen LogP contribution in [0, 0.1) is 0 Å². The molecule has 2 heterocycles. The van der Waals surface area contributed by atoms with Gasteiger partial charge in [-0.2, -0.15) is 0 Å². The monoisotopic (exact) mass is 444 g/mol. The lowest BCUT2D eigenvalue weighted by Gasteiger charge is -2.37. The molecule has 2 aliphatic rings. The molecule has 2 fully saturated rings. The van der Waals surface area contributed by atoms with E-state index in [1.54, 1.807) is 12.0 Å². The lowest BCUT2D eigenvalue weighted by Crippen LogP contribution is -2.49. The van der Waals surface area contributed by atoms with Crippen molar-refractivity contribution in [1.82, 2.24) is 9.80 Å². The van der Waals surface area contributed by atoms with Crippen molar-refractivity contribution in [3.05, 3.63) is 77.9 Å². The first-order chi connectivity index (χ1) is 16.0. The maximum Gasteiger partial charge on any atom is 0.410 e. The Kier molecular flexibility index (Phi) is 5.67. The Morgan fingerprint density at radius 1 is 0.970 bits per heavy atom. The van der Waals surface area contributed by atoms with E-state index in [2.05, 4.69) is 30.3 Å². The minimum Gasteiger partial charge on any atom is -0.497 e. The Labute approximate surface area is 193 Å². The number of nitrogens with zero attached hydrogens (tertiary/aromatic N) is 2. The summed E-state index contributed by atoms with van der Waals surface area (Å²) in [5.41, 5.74) is 1.53. The molecule has 3 aromatic carbocycles. The second-order valence-corrected chi connectivity index (χ2v) is 9.00. The number of fused-ring (bicyclic) bond motifs is 1. The lowest BCUT2D eigenvalue weighted by atomic mass is 9.91. The second-order valence-electron chi connectivity index (χ2n) is 9.00. The fraction of sp³-hybridized carbons (Fsp3) is 0.333. The topological polar surface area (TPSA) is 59.1 Å². The van der Waals surface area contributed by atoms with Crippen LogP contribution in [-0.2, 0) is 22.5 Å². The van der Waals surface area contributed by atoms with Gasteiger partial charge in [0.05, 0.1) is 20.1 Å². The van der Waals surface area contributed by atoms with Crippen LogP contribution in [0.4, 0.5) is 4.79 Å². The number of amides is 2. The normalized spacial score (nSPS) is 17.4. The van der Waals surface area contributed by atoms with Gasteiger partial charge in [-0.3, -0.25) is 9.69 Å². The number of methoxy groups -OCH3 is 1. The molecule has 0 saturated carbocycles.